The molecule has 0 aliphatic heterocycles. The van der Waals surface area contributed by atoms with Crippen molar-refractivity contribution >= 4 is 11.9 Å². The van der Waals surface area contributed by atoms with E-state index in [4.69, 9.17) is 9.84 Å². The van der Waals surface area contributed by atoms with Gasteiger partial charge in [0.05, 0.1) is 11.8 Å². The van der Waals surface area contributed by atoms with Crippen LogP contribution in [0.15, 0.2) is 0 Å². The summed E-state index contributed by atoms with van der Waals surface area (Å²) >= 11 is 0. The first-order chi connectivity index (χ1) is 9.61. The molecule has 1 saturated carbocycles. The molecule has 0 heterocycles. The Kier molecular flexibility index (Phi) is 6.24. The highest BCUT2D eigenvalue weighted by molar-refractivity contribution is 5.74. The van der Waals surface area contributed by atoms with Crippen LogP contribution in [0.25, 0.3) is 0 Å². The van der Waals surface area contributed by atoms with E-state index in [1.807, 2.05) is 0 Å². The van der Waals surface area contributed by atoms with Crippen LogP contribution in [-0.2, 0) is 14.3 Å². The smallest absolute Gasteiger partial charge is 0.309 e. The molecule has 0 saturated heterocycles. The Labute approximate surface area is 128 Å². The number of rotatable bonds is 5. The van der Waals surface area contributed by atoms with Gasteiger partial charge in [-0.1, -0.05) is 34.6 Å². The molecule has 1 rings (SSSR count). The van der Waals surface area contributed by atoms with E-state index in [9.17, 15) is 9.59 Å². The predicted molar refractivity (Wildman–Crippen MR) is 81.9 cm³/mol. The minimum Gasteiger partial charge on any atom is -0.481 e. The van der Waals surface area contributed by atoms with Crippen molar-refractivity contribution in [3.63, 3.8) is 0 Å². The molecule has 0 amide bonds. The first-order valence-corrected chi connectivity index (χ1v) is 8.04. The highest BCUT2D eigenvalue weighted by Gasteiger charge is 2.34. The molecule has 4 heteroatoms. The van der Waals surface area contributed by atoms with Crippen LogP contribution in [0.2, 0.25) is 0 Å². The molecule has 1 aliphatic carbocycles. The lowest BCUT2D eigenvalue weighted by atomic mass is 9.81. The zero-order chi connectivity index (χ0) is 16.2. The average molecular weight is 298 g/mol. The lowest BCUT2D eigenvalue weighted by molar-refractivity contribution is -0.163. The van der Waals surface area contributed by atoms with Crippen molar-refractivity contribution in [3.05, 3.63) is 0 Å². The topological polar surface area (TPSA) is 63.6 Å². The number of carboxylic acid groups (broad SMARTS) is 1. The summed E-state index contributed by atoms with van der Waals surface area (Å²) in [6, 6.07) is 0. The quantitative estimate of drug-likeness (QED) is 0.782. The maximum absolute atomic E-state index is 12.3. The average Bonchev–Trinajstić information content (AvgIpc) is 2.36. The van der Waals surface area contributed by atoms with E-state index in [0.717, 1.165) is 6.42 Å². The molecule has 0 aromatic rings. The van der Waals surface area contributed by atoms with Crippen molar-refractivity contribution in [1.29, 1.82) is 0 Å². The Morgan fingerprint density at radius 1 is 1.10 bits per heavy atom. The Balaban J connectivity index is 2.57. The number of carbonyl (C=O) groups excluding carboxylic acids is 1. The largest absolute Gasteiger partial charge is 0.481 e. The molecule has 0 radical (unpaired) electrons. The summed E-state index contributed by atoms with van der Waals surface area (Å²) in [5, 5.41) is 9.00. The molecule has 1 fully saturated rings. The van der Waals surface area contributed by atoms with Crippen molar-refractivity contribution < 1.29 is 19.4 Å². The zero-order valence-corrected chi connectivity index (χ0v) is 14.0. The summed E-state index contributed by atoms with van der Waals surface area (Å²) in [6.45, 7) is 10.5. The molecule has 1 aliphatic rings. The van der Waals surface area contributed by atoms with Crippen LogP contribution in [0, 0.1) is 23.2 Å². The van der Waals surface area contributed by atoms with E-state index in [2.05, 4.69) is 34.6 Å². The number of carbonyl (C=O) groups is 2. The van der Waals surface area contributed by atoms with Gasteiger partial charge in [0.25, 0.3) is 0 Å². The van der Waals surface area contributed by atoms with Gasteiger partial charge in [-0.25, -0.2) is 0 Å². The van der Waals surface area contributed by atoms with Gasteiger partial charge in [0, 0.05) is 0 Å². The van der Waals surface area contributed by atoms with Gasteiger partial charge >= 0.3 is 11.9 Å². The van der Waals surface area contributed by atoms with Gasteiger partial charge in [-0.2, -0.15) is 0 Å². The van der Waals surface area contributed by atoms with Crippen molar-refractivity contribution in [2.24, 2.45) is 23.2 Å². The van der Waals surface area contributed by atoms with Gasteiger partial charge in [-0.3, -0.25) is 9.59 Å². The Hall–Kier alpha value is -1.06. The summed E-state index contributed by atoms with van der Waals surface area (Å²) in [5.41, 5.74) is -0.0712. The number of carboxylic acids is 1. The normalized spacial score (nSPS) is 24.7. The third kappa shape index (κ3) is 5.68. The van der Waals surface area contributed by atoms with Crippen LogP contribution in [0.4, 0.5) is 0 Å². The number of hydrogen-bond donors (Lipinski definition) is 1. The molecule has 21 heavy (non-hydrogen) atoms. The molecule has 1 unspecified atom stereocenters. The summed E-state index contributed by atoms with van der Waals surface area (Å²) < 4.78 is 5.77. The monoisotopic (exact) mass is 298 g/mol. The van der Waals surface area contributed by atoms with Crippen molar-refractivity contribution in [1.82, 2.24) is 0 Å². The van der Waals surface area contributed by atoms with Gasteiger partial charge in [-0.15, -0.1) is 0 Å². The SMILES string of the molecule is CC(C)CC(OC(=O)C1CCC(C(=O)O)CC1)C(C)(C)C. The number of esters is 1. The molecule has 0 aromatic heterocycles. The van der Waals surface area contributed by atoms with Crippen LogP contribution in [0.5, 0.6) is 0 Å². The van der Waals surface area contributed by atoms with E-state index in [-0.39, 0.29) is 29.3 Å². The molecule has 0 spiro atoms. The van der Waals surface area contributed by atoms with Crippen LogP contribution >= 0.6 is 0 Å². The second kappa shape index (κ2) is 7.28. The first-order valence-electron chi connectivity index (χ1n) is 8.04. The van der Waals surface area contributed by atoms with E-state index < -0.39 is 5.97 Å². The van der Waals surface area contributed by atoms with Gasteiger partial charge in [-0.05, 0) is 43.4 Å². The second-order valence-electron chi connectivity index (χ2n) is 7.81. The van der Waals surface area contributed by atoms with Crippen LogP contribution in [0.1, 0.15) is 66.7 Å². The molecular weight excluding hydrogens is 268 g/mol. The minimum atomic E-state index is -0.741. The molecular formula is C17H30O4. The van der Waals surface area contributed by atoms with Crippen molar-refractivity contribution in [3.8, 4) is 0 Å². The zero-order valence-electron chi connectivity index (χ0n) is 14.0. The first kappa shape index (κ1) is 18.0. The summed E-state index contributed by atoms with van der Waals surface area (Å²) in [5.74, 6) is -0.820. The maximum atomic E-state index is 12.3. The van der Waals surface area contributed by atoms with E-state index in [1.54, 1.807) is 0 Å². The molecule has 0 bridgehead atoms. The minimum absolute atomic E-state index is 0.0712. The molecule has 122 valence electrons. The lowest BCUT2D eigenvalue weighted by Gasteiger charge is -2.34. The third-order valence-corrected chi connectivity index (χ3v) is 4.32. The van der Waals surface area contributed by atoms with Gasteiger partial charge < -0.3 is 9.84 Å². The fraction of sp³-hybridized carbons (Fsp3) is 0.882. The van der Waals surface area contributed by atoms with E-state index >= 15 is 0 Å². The number of ether oxygens (including phenoxy) is 1. The van der Waals surface area contributed by atoms with Crippen molar-refractivity contribution in [2.75, 3.05) is 0 Å². The Morgan fingerprint density at radius 2 is 1.57 bits per heavy atom. The van der Waals surface area contributed by atoms with Crippen molar-refractivity contribution in [2.45, 2.75) is 72.8 Å². The fourth-order valence-corrected chi connectivity index (χ4v) is 2.82. The molecule has 1 atom stereocenters. The van der Waals surface area contributed by atoms with Gasteiger partial charge in [0.15, 0.2) is 0 Å². The Morgan fingerprint density at radius 3 is 1.95 bits per heavy atom. The number of hydrogen-bond acceptors (Lipinski definition) is 3. The highest BCUT2D eigenvalue weighted by atomic mass is 16.5. The van der Waals surface area contributed by atoms with Gasteiger partial charge in [0.1, 0.15) is 6.10 Å². The molecule has 0 aromatic carbocycles. The standard InChI is InChI=1S/C17H30O4/c1-11(2)10-14(17(3,4)5)21-16(20)13-8-6-12(7-9-13)15(18)19/h11-14H,6-10H2,1-5H3,(H,18,19). The third-order valence-electron chi connectivity index (χ3n) is 4.32. The molecule has 4 nitrogen and oxygen atoms in total. The second-order valence-corrected chi connectivity index (χ2v) is 7.81. The van der Waals surface area contributed by atoms with Crippen LogP contribution in [0.3, 0.4) is 0 Å². The summed E-state index contributed by atoms with van der Waals surface area (Å²) in [7, 11) is 0. The lowest BCUT2D eigenvalue weighted by Crippen LogP contribution is -2.36. The Bertz CT molecular complexity index is 359. The summed E-state index contributed by atoms with van der Waals surface area (Å²) in [4.78, 5) is 23.3. The number of aliphatic carboxylic acids is 1. The maximum Gasteiger partial charge on any atom is 0.309 e. The highest BCUT2D eigenvalue weighted by Crippen LogP contribution is 2.33. The van der Waals surface area contributed by atoms with Crippen LogP contribution in [-0.4, -0.2) is 23.1 Å². The van der Waals surface area contributed by atoms with E-state index in [1.165, 1.54) is 0 Å². The fourth-order valence-electron chi connectivity index (χ4n) is 2.82. The van der Waals surface area contributed by atoms with Gasteiger partial charge in [0.2, 0.25) is 0 Å². The summed E-state index contributed by atoms with van der Waals surface area (Å²) in [6.07, 6.45) is 3.21. The van der Waals surface area contributed by atoms with Crippen LogP contribution < -0.4 is 0 Å². The molecule has 1 N–H and O–H groups in total. The van der Waals surface area contributed by atoms with E-state index in [0.29, 0.717) is 31.6 Å². The predicted octanol–water partition coefficient (Wildman–Crippen LogP) is 3.88.